The van der Waals surface area contributed by atoms with Crippen LogP contribution in [0.3, 0.4) is 0 Å². The number of hydrogen-bond acceptors (Lipinski definition) is 6. The molecule has 1 amide bonds. The predicted molar refractivity (Wildman–Crippen MR) is 100 cm³/mol. The summed E-state index contributed by atoms with van der Waals surface area (Å²) in [6.07, 6.45) is 6.80. The topological polar surface area (TPSA) is 101 Å². The van der Waals surface area contributed by atoms with Crippen molar-refractivity contribution in [2.75, 3.05) is 18.4 Å². The normalized spacial score (nSPS) is 13.1. The van der Waals surface area contributed by atoms with E-state index in [1.807, 2.05) is 4.68 Å². The fourth-order valence-corrected chi connectivity index (χ4v) is 3.74. The summed E-state index contributed by atoms with van der Waals surface area (Å²) < 4.78 is 1.97. The Morgan fingerprint density at radius 2 is 2.35 bits per heavy atom. The van der Waals surface area contributed by atoms with Gasteiger partial charge in [-0.25, -0.2) is 0 Å². The average molecular weight is 371 g/mol. The maximum absolute atomic E-state index is 12.7. The third kappa shape index (κ3) is 3.27. The van der Waals surface area contributed by atoms with Gasteiger partial charge in [0.1, 0.15) is 5.51 Å². The second-order valence-electron chi connectivity index (χ2n) is 6.23. The molecule has 0 saturated heterocycles. The first-order chi connectivity index (χ1) is 12.8. The lowest BCUT2D eigenvalue weighted by Crippen LogP contribution is -2.19. The van der Waals surface area contributed by atoms with Gasteiger partial charge in [-0.1, -0.05) is 18.3 Å². The SMILES string of the molecule is CCNCCn1cc2c(n1)-c1c(C(=O)Nc3nncs3)c[nH]c1CCC2. The molecule has 0 aliphatic heterocycles. The van der Waals surface area contributed by atoms with Crippen LogP contribution >= 0.6 is 11.3 Å². The average Bonchev–Trinajstić information content (AvgIpc) is 3.34. The molecule has 3 N–H and O–H groups in total. The summed E-state index contributed by atoms with van der Waals surface area (Å²) >= 11 is 1.30. The van der Waals surface area contributed by atoms with Gasteiger partial charge in [-0.05, 0) is 31.4 Å². The Kier molecular flexibility index (Phi) is 4.81. The van der Waals surface area contributed by atoms with Crippen molar-refractivity contribution in [1.29, 1.82) is 0 Å². The Bertz CT molecular complexity index is 897. The number of nitrogens with zero attached hydrogens (tertiary/aromatic N) is 4. The molecule has 8 nitrogen and oxygen atoms in total. The molecule has 1 aliphatic carbocycles. The van der Waals surface area contributed by atoms with Crippen molar-refractivity contribution >= 4 is 22.4 Å². The highest BCUT2D eigenvalue weighted by Crippen LogP contribution is 2.34. The van der Waals surface area contributed by atoms with E-state index < -0.39 is 0 Å². The molecule has 0 bridgehead atoms. The van der Waals surface area contributed by atoms with Crippen molar-refractivity contribution in [3.63, 3.8) is 0 Å². The molecule has 0 spiro atoms. The van der Waals surface area contributed by atoms with Crippen molar-refractivity contribution in [3.05, 3.63) is 34.7 Å². The lowest BCUT2D eigenvalue weighted by atomic mass is 10.0. The number of nitrogens with one attached hydrogen (secondary N) is 3. The molecule has 0 radical (unpaired) electrons. The second kappa shape index (κ2) is 7.38. The number of aromatic amines is 1. The molecule has 0 aromatic carbocycles. The van der Waals surface area contributed by atoms with Gasteiger partial charge in [-0.15, -0.1) is 10.2 Å². The van der Waals surface area contributed by atoms with Crippen LogP contribution in [0.25, 0.3) is 11.3 Å². The summed E-state index contributed by atoms with van der Waals surface area (Å²) in [5.74, 6) is -0.186. The lowest BCUT2D eigenvalue weighted by Gasteiger charge is -2.05. The zero-order valence-electron chi connectivity index (χ0n) is 14.6. The summed E-state index contributed by atoms with van der Waals surface area (Å²) in [5.41, 5.74) is 6.31. The van der Waals surface area contributed by atoms with E-state index in [2.05, 4.69) is 38.9 Å². The fraction of sp³-hybridized carbons (Fsp3) is 0.412. The highest BCUT2D eigenvalue weighted by Gasteiger charge is 2.26. The Morgan fingerprint density at radius 1 is 1.42 bits per heavy atom. The number of aryl methyl sites for hydroxylation is 2. The van der Waals surface area contributed by atoms with Crippen molar-refractivity contribution in [3.8, 4) is 11.3 Å². The lowest BCUT2D eigenvalue weighted by molar-refractivity contribution is 0.102. The molecule has 1 aliphatic rings. The van der Waals surface area contributed by atoms with Gasteiger partial charge in [0.2, 0.25) is 5.13 Å². The van der Waals surface area contributed by atoms with Crippen LogP contribution < -0.4 is 10.6 Å². The van der Waals surface area contributed by atoms with Crippen molar-refractivity contribution in [2.45, 2.75) is 32.7 Å². The van der Waals surface area contributed by atoms with Gasteiger partial charge in [0.05, 0.1) is 17.8 Å². The Morgan fingerprint density at radius 3 is 3.15 bits per heavy atom. The van der Waals surface area contributed by atoms with Crippen LogP contribution in [0, 0.1) is 0 Å². The van der Waals surface area contributed by atoms with Crippen LogP contribution in [0.4, 0.5) is 5.13 Å². The van der Waals surface area contributed by atoms with Gasteiger partial charge >= 0.3 is 0 Å². The molecule has 0 fully saturated rings. The smallest absolute Gasteiger partial charge is 0.259 e. The first-order valence-corrected chi connectivity index (χ1v) is 9.69. The molecule has 26 heavy (non-hydrogen) atoms. The van der Waals surface area contributed by atoms with E-state index in [1.165, 1.54) is 16.9 Å². The molecule has 0 saturated carbocycles. The number of likely N-dealkylation sites (N-methyl/N-ethyl adjacent to an activating group) is 1. The maximum atomic E-state index is 12.7. The second-order valence-corrected chi connectivity index (χ2v) is 7.06. The van der Waals surface area contributed by atoms with Crippen molar-refractivity contribution in [2.24, 2.45) is 0 Å². The summed E-state index contributed by atoms with van der Waals surface area (Å²) in [6, 6.07) is 0. The monoisotopic (exact) mass is 371 g/mol. The number of anilines is 1. The number of aromatic nitrogens is 5. The van der Waals surface area contributed by atoms with Gasteiger partial charge in [-0.3, -0.25) is 14.8 Å². The third-order valence-electron chi connectivity index (χ3n) is 4.50. The number of carbonyl (C=O) groups excluding carboxylic acids is 1. The van der Waals surface area contributed by atoms with E-state index in [9.17, 15) is 4.79 Å². The van der Waals surface area contributed by atoms with Crippen LogP contribution in [0.5, 0.6) is 0 Å². The number of carbonyl (C=O) groups is 1. The minimum Gasteiger partial charge on any atom is -0.364 e. The third-order valence-corrected chi connectivity index (χ3v) is 5.11. The molecular formula is C17H21N7OS. The van der Waals surface area contributed by atoms with E-state index in [0.717, 1.165) is 55.8 Å². The standard InChI is InChI=1S/C17H21N7OS/c1-2-18-6-7-24-9-11-4-3-5-13-14(15(11)23-24)12(8-19-13)16(25)21-17-22-20-10-26-17/h8-10,18-19H,2-7H2,1H3,(H,21,22,25). The number of H-pyrrole nitrogens is 1. The van der Waals surface area contributed by atoms with Gasteiger partial charge < -0.3 is 10.3 Å². The van der Waals surface area contributed by atoms with Crippen LogP contribution in [-0.2, 0) is 19.4 Å². The number of amides is 1. The summed E-state index contributed by atoms with van der Waals surface area (Å²) in [5, 5.41) is 19.1. The minimum absolute atomic E-state index is 0.186. The molecule has 136 valence electrons. The minimum atomic E-state index is -0.186. The van der Waals surface area contributed by atoms with Gasteiger partial charge in [0, 0.05) is 30.2 Å². The largest absolute Gasteiger partial charge is 0.364 e. The summed E-state index contributed by atoms with van der Waals surface area (Å²) in [7, 11) is 0. The zero-order chi connectivity index (χ0) is 17.9. The number of fused-ring (bicyclic) bond motifs is 3. The van der Waals surface area contributed by atoms with E-state index in [0.29, 0.717) is 10.7 Å². The first-order valence-electron chi connectivity index (χ1n) is 8.81. The first kappa shape index (κ1) is 16.9. The molecule has 0 atom stereocenters. The maximum Gasteiger partial charge on any atom is 0.259 e. The molecule has 0 unspecified atom stereocenters. The molecule has 3 aromatic rings. The van der Waals surface area contributed by atoms with Gasteiger partial charge in [0.25, 0.3) is 5.91 Å². The van der Waals surface area contributed by atoms with Crippen LogP contribution in [-0.4, -0.2) is 44.0 Å². The van der Waals surface area contributed by atoms with Crippen LogP contribution in [0.1, 0.15) is 35.0 Å². The molecule has 4 rings (SSSR count). The van der Waals surface area contributed by atoms with E-state index in [4.69, 9.17) is 5.10 Å². The van der Waals surface area contributed by atoms with Gasteiger partial charge in [0.15, 0.2) is 0 Å². The molecule has 3 heterocycles. The number of rotatable bonds is 6. The Balaban J connectivity index is 1.66. The molecule has 9 heteroatoms. The molecule has 3 aromatic heterocycles. The van der Waals surface area contributed by atoms with E-state index in [1.54, 1.807) is 11.7 Å². The number of hydrogen-bond donors (Lipinski definition) is 3. The van der Waals surface area contributed by atoms with E-state index in [-0.39, 0.29) is 5.91 Å². The van der Waals surface area contributed by atoms with Crippen molar-refractivity contribution in [1.82, 2.24) is 30.3 Å². The fourth-order valence-electron chi connectivity index (χ4n) is 3.30. The quantitative estimate of drug-likeness (QED) is 0.576. The van der Waals surface area contributed by atoms with E-state index >= 15 is 0 Å². The molecular weight excluding hydrogens is 350 g/mol. The zero-order valence-corrected chi connectivity index (χ0v) is 15.4. The Labute approximate surface area is 155 Å². The summed E-state index contributed by atoms with van der Waals surface area (Å²) in [4.78, 5) is 16.0. The Hall–Kier alpha value is -2.52. The van der Waals surface area contributed by atoms with Crippen LogP contribution in [0.15, 0.2) is 17.9 Å². The van der Waals surface area contributed by atoms with Gasteiger partial charge in [-0.2, -0.15) is 5.10 Å². The van der Waals surface area contributed by atoms with Crippen molar-refractivity contribution < 1.29 is 4.79 Å². The summed E-state index contributed by atoms with van der Waals surface area (Å²) in [6.45, 7) is 4.72. The highest BCUT2D eigenvalue weighted by atomic mass is 32.1. The predicted octanol–water partition coefficient (Wildman–Crippen LogP) is 2.08. The van der Waals surface area contributed by atoms with Crippen LogP contribution in [0.2, 0.25) is 0 Å². The highest BCUT2D eigenvalue weighted by molar-refractivity contribution is 7.13.